The smallest absolute Gasteiger partial charge is 0.306 e. The summed E-state index contributed by atoms with van der Waals surface area (Å²) in [5, 5.41) is 43.3. The van der Waals surface area contributed by atoms with Gasteiger partial charge in [-0.15, -0.1) is 49.6 Å². The van der Waals surface area contributed by atoms with Gasteiger partial charge in [-0.3, -0.25) is 47.3 Å². The number of carbonyl (C=O) groups is 1. The summed E-state index contributed by atoms with van der Waals surface area (Å²) in [7, 11) is 0. The van der Waals surface area contributed by atoms with Crippen LogP contribution in [0.2, 0.25) is 0 Å². The van der Waals surface area contributed by atoms with E-state index < -0.39 is 5.97 Å². The second-order valence-electron chi connectivity index (χ2n) is 16.1. The molecule has 8 bridgehead atoms. The lowest BCUT2D eigenvalue weighted by atomic mass is 9.71. The first kappa shape index (κ1) is 38.5. The fraction of sp³-hybridized carbons (Fsp3) is 0.970. The van der Waals surface area contributed by atoms with Gasteiger partial charge < -0.3 is 5.11 Å². The van der Waals surface area contributed by atoms with E-state index in [1.807, 2.05) is 0 Å². The molecular weight excluding hydrogens is 682 g/mol. The Labute approximate surface area is 305 Å². The van der Waals surface area contributed by atoms with Crippen molar-refractivity contribution < 1.29 is 9.90 Å². The third-order valence-electron chi connectivity index (χ3n) is 14.2. The Morgan fingerprint density at radius 2 is 0.617 bits per heavy atom. The number of rotatable bonds is 1. The lowest BCUT2D eigenvalue weighted by molar-refractivity contribution is -0.146. The summed E-state index contributed by atoms with van der Waals surface area (Å²) in [6, 6.07) is 0. The fourth-order valence-corrected chi connectivity index (χ4v) is 12.3. The van der Waals surface area contributed by atoms with Gasteiger partial charge in [0, 0.05) is 5.92 Å². The summed E-state index contributed by atoms with van der Waals surface area (Å²) in [4.78, 5) is 12.6. The van der Waals surface area contributed by atoms with Crippen molar-refractivity contribution in [3.63, 3.8) is 0 Å². The number of nitrogens with one attached hydrogen (secondary N) is 8. The van der Waals surface area contributed by atoms with Crippen LogP contribution in [0.25, 0.3) is 0 Å². The van der Waals surface area contributed by atoms with E-state index in [1.165, 1.54) is 77.0 Å². The molecular formula is C33H60Cl4N8O2. The molecule has 5 aliphatic heterocycles. The van der Waals surface area contributed by atoms with E-state index in [4.69, 9.17) is 0 Å². The van der Waals surface area contributed by atoms with Crippen LogP contribution in [0, 0.1) is 53.3 Å². The van der Waals surface area contributed by atoms with Gasteiger partial charge in [-0.05, 0) is 92.8 Å². The lowest BCUT2D eigenvalue weighted by Crippen LogP contribution is -2.62. The Bertz CT molecular complexity index is 1070. The van der Waals surface area contributed by atoms with Gasteiger partial charge in [0.25, 0.3) is 0 Å². The minimum absolute atomic E-state index is 0. The molecule has 9 aliphatic rings. The molecule has 0 aromatic rings. The summed E-state index contributed by atoms with van der Waals surface area (Å²) in [6.45, 7) is 0. The normalized spacial score (nSPS) is 51.3. The third-order valence-corrected chi connectivity index (χ3v) is 14.2. The molecule has 0 spiro atoms. The van der Waals surface area contributed by atoms with Gasteiger partial charge in [0.2, 0.25) is 0 Å². The number of carboxylic acid groups (broad SMARTS) is 1. The predicted octanol–water partition coefficient (Wildman–Crippen LogP) is 3.60. The third kappa shape index (κ3) is 6.84. The highest BCUT2D eigenvalue weighted by Crippen LogP contribution is 2.46. The highest BCUT2D eigenvalue weighted by atomic mass is 35.5. The number of aliphatic carboxylic acids is 1. The predicted molar refractivity (Wildman–Crippen MR) is 193 cm³/mol. The van der Waals surface area contributed by atoms with E-state index >= 15 is 0 Å². The quantitative estimate of drug-likeness (QED) is 0.197. The Morgan fingerprint density at radius 3 is 0.915 bits per heavy atom. The van der Waals surface area contributed by atoms with Crippen LogP contribution in [0.4, 0.5) is 0 Å². The maximum Gasteiger partial charge on any atom is 0.306 e. The molecule has 9 rings (SSSR count). The monoisotopic (exact) mass is 740 g/mol. The summed E-state index contributed by atoms with van der Waals surface area (Å²) in [6.07, 6.45) is 20.5. The molecule has 0 amide bonds. The molecule has 47 heavy (non-hydrogen) atoms. The Hall–Kier alpha value is 0.310. The summed E-state index contributed by atoms with van der Waals surface area (Å²) < 4.78 is 0. The van der Waals surface area contributed by atoms with Crippen molar-refractivity contribution in [3.05, 3.63) is 0 Å². The molecule has 9 N–H and O–H groups in total. The van der Waals surface area contributed by atoms with Gasteiger partial charge in [-0.1, -0.05) is 44.9 Å². The molecule has 17 unspecified atom stereocenters. The second-order valence-corrected chi connectivity index (χ2v) is 16.1. The van der Waals surface area contributed by atoms with Crippen molar-refractivity contribution >= 4 is 55.6 Å². The standard InChI is InChI=1S/C33H56N8O2.4ClH/c42-33(43)23-15-7-14-22-24(23)32-40-30-21-13-6-5-12-20(21)28(38-30)36-26-17-9-2-1-8-16(17)25(34-26)35-27-18-10-3-4-11-19(18)29(37-27)39-31(22)41-32;;;;/h16-32,34-41H,1-15H2,(H,42,43);4*1H. The molecule has 14 heteroatoms. The zero-order chi connectivity index (χ0) is 28.7. The molecule has 17 atom stereocenters. The van der Waals surface area contributed by atoms with Crippen LogP contribution in [0.5, 0.6) is 0 Å². The van der Waals surface area contributed by atoms with Crippen molar-refractivity contribution in [3.8, 4) is 0 Å². The van der Waals surface area contributed by atoms with Gasteiger partial charge >= 0.3 is 5.97 Å². The molecule has 4 saturated carbocycles. The Morgan fingerprint density at radius 1 is 0.362 bits per heavy atom. The van der Waals surface area contributed by atoms with E-state index in [1.54, 1.807) is 0 Å². The van der Waals surface area contributed by atoms with Crippen molar-refractivity contribution in [2.24, 2.45) is 53.3 Å². The van der Waals surface area contributed by atoms with Crippen molar-refractivity contribution in [2.75, 3.05) is 0 Å². The van der Waals surface area contributed by atoms with E-state index in [0.717, 1.165) is 19.3 Å². The van der Waals surface area contributed by atoms with Crippen LogP contribution in [-0.2, 0) is 4.79 Å². The van der Waals surface area contributed by atoms with Gasteiger partial charge in [-0.25, -0.2) is 0 Å². The van der Waals surface area contributed by atoms with E-state index in [2.05, 4.69) is 42.5 Å². The van der Waals surface area contributed by atoms with E-state index in [9.17, 15) is 9.90 Å². The largest absolute Gasteiger partial charge is 0.481 e. The average Bonchev–Trinajstić information content (AvgIpc) is 3.76. The molecule has 0 aromatic heterocycles. The molecule has 9 fully saturated rings. The maximum atomic E-state index is 12.6. The first-order chi connectivity index (χ1) is 21.1. The SMILES string of the molecule is Cl.Cl.Cl.Cl.O=C(O)C1CCCC2C3NC4NC(NC5NC(NC6NC(NC(N3)C12)C1CCCCC61)C1CCCCC51)C1CCCCC41. The van der Waals surface area contributed by atoms with Crippen LogP contribution in [-0.4, -0.2) is 60.4 Å². The lowest BCUT2D eigenvalue weighted by Gasteiger charge is -2.37. The zero-order valence-electron chi connectivity index (χ0n) is 27.4. The van der Waals surface area contributed by atoms with Crippen LogP contribution in [0.3, 0.4) is 0 Å². The van der Waals surface area contributed by atoms with Crippen molar-refractivity contribution in [1.29, 1.82) is 0 Å². The van der Waals surface area contributed by atoms with E-state index in [-0.39, 0.29) is 86.1 Å². The van der Waals surface area contributed by atoms with Gasteiger partial charge in [0.1, 0.15) is 0 Å². The van der Waals surface area contributed by atoms with Gasteiger partial charge in [0.05, 0.1) is 55.2 Å². The molecule has 0 aromatic carbocycles. The van der Waals surface area contributed by atoms with Gasteiger partial charge in [-0.2, -0.15) is 0 Å². The number of carboxylic acids is 1. The van der Waals surface area contributed by atoms with Crippen LogP contribution in [0.1, 0.15) is 96.3 Å². The molecule has 5 heterocycles. The Kier molecular flexibility index (Phi) is 13.0. The second kappa shape index (κ2) is 15.9. The van der Waals surface area contributed by atoms with E-state index in [0.29, 0.717) is 66.1 Å². The van der Waals surface area contributed by atoms with Crippen molar-refractivity contribution in [1.82, 2.24) is 42.5 Å². The molecule has 10 nitrogen and oxygen atoms in total. The minimum atomic E-state index is -0.607. The average molecular weight is 743 g/mol. The summed E-state index contributed by atoms with van der Waals surface area (Å²) >= 11 is 0. The number of hydrogen-bond acceptors (Lipinski definition) is 9. The number of halogens is 4. The fourth-order valence-electron chi connectivity index (χ4n) is 12.3. The molecule has 5 saturated heterocycles. The maximum absolute atomic E-state index is 12.6. The molecule has 0 radical (unpaired) electrons. The molecule has 272 valence electrons. The van der Waals surface area contributed by atoms with Crippen LogP contribution >= 0.6 is 49.6 Å². The zero-order valence-corrected chi connectivity index (χ0v) is 30.7. The highest BCUT2D eigenvalue weighted by molar-refractivity contribution is 5.86. The topological polar surface area (TPSA) is 134 Å². The molecule has 4 aliphatic carbocycles. The Balaban J connectivity index is 0.00000108. The first-order valence-corrected chi connectivity index (χ1v) is 18.4. The highest BCUT2D eigenvalue weighted by Gasteiger charge is 2.56. The van der Waals surface area contributed by atoms with Crippen LogP contribution < -0.4 is 42.5 Å². The number of hydrogen-bond donors (Lipinski definition) is 9. The number of fused-ring (bicyclic) bond motifs is 20. The minimum Gasteiger partial charge on any atom is -0.481 e. The summed E-state index contributed by atoms with van der Waals surface area (Å²) in [5.74, 6) is 3.36. The van der Waals surface area contributed by atoms with Crippen LogP contribution in [0.15, 0.2) is 0 Å². The first-order valence-electron chi connectivity index (χ1n) is 18.4. The van der Waals surface area contributed by atoms with Crippen molar-refractivity contribution in [2.45, 2.75) is 146 Å². The van der Waals surface area contributed by atoms with Gasteiger partial charge in [0.15, 0.2) is 0 Å². The summed E-state index contributed by atoms with van der Waals surface area (Å²) in [5.41, 5.74) is 0.